The number of aryl methyl sites for hydroxylation is 4. The minimum absolute atomic E-state index is 0.925. The Morgan fingerprint density at radius 3 is 1.40 bits per heavy atom. The third-order valence-electron chi connectivity index (χ3n) is 13.3. The molecule has 55 heavy (non-hydrogen) atoms. The lowest BCUT2D eigenvalue weighted by Gasteiger charge is -2.27. The van der Waals surface area contributed by atoms with E-state index < -0.39 is 0 Å². The molecular formula is C54H44O. The molecule has 0 fully saturated rings. The number of hydrogen-bond acceptors (Lipinski definition) is 1. The topological polar surface area (TPSA) is 13.1 Å². The molecule has 0 atom stereocenters. The standard InChI is InChI=1S/C54H44O/c1-29-31(3)35(7)50-48(33(29)5)52(38-26-24-37(25-27-38)45-28-39-16-9-10-17-40(39)41-18-11-12-19-42(41)45)49-34(6)30(2)32(4)36(8)51(49)54(50)44-21-15-23-47-53(44)43-20-13-14-22-46(43)55-47/h9-28H,1-8H3. The summed E-state index contributed by atoms with van der Waals surface area (Å²) in [6, 6.07) is 44.5. The minimum Gasteiger partial charge on any atom is -0.456 e. The third-order valence-corrected chi connectivity index (χ3v) is 13.3. The van der Waals surface area contributed by atoms with Crippen molar-refractivity contribution in [2.75, 3.05) is 0 Å². The second-order valence-electron chi connectivity index (χ2n) is 15.8. The number of para-hydroxylation sites is 1. The summed E-state index contributed by atoms with van der Waals surface area (Å²) < 4.78 is 6.52. The van der Waals surface area contributed by atoms with E-state index in [9.17, 15) is 0 Å². The molecule has 9 aromatic carbocycles. The van der Waals surface area contributed by atoms with Gasteiger partial charge in [-0.2, -0.15) is 0 Å². The van der Waals surface area contributed by atoms with Gasteiger partial charge in [-0.25, -0.2) is 0 Å². The van der Waals surface area contributed by atoms with Crippen LogP contribution in [0.15, 0.2) is 126 Å². The molecule has 0 aliphatic rings. The average Bonchev–Trinajstić information content (AvgIpc) is 3.61. The van der Waals surface area contributed by atoms with Gasteiger partial charge in [-0.15, -0.1) is 0 Å². The van der Waals surface area contributed by atoms with Gasteiger partial charge in [0.1, 0.15) is 11.2 Å². The molecule has 0 spiro atoms. The summed E-state index contributed by atoms with van der Waals surface area (Å²) in [5.74, 6) is 0. The fourth-order valence-corrected chi connectivity index (χ4v) is 9.78. The highest BCUT2D eigenvalue weighted by Gasteiger charge is 2.27. The van der Waals surface area contributed by atoms with Crippen LogP contribution in [0, 0.1) is 55.4 Å². The zero-order chi connectivity index (χ0) is 37.9. The summed E-state index contributed by atoms with van der Waals surface area (Å²) >= 11 is 0. The first-order valence-corrected chi connectivity index (χ1v) is 19.5. The quantitative estimate of drug-likeness (QED) is 0.132. The van der Waals surface area contributed by atoms with Crippen LogP contribution >= 0.6 is 0 Å². The lowest BCUT2D eigenvalue weighted by molar-refractivity contribution is 0.669. The molecule has 0 bridgehead atoms. The van der Waals surface area contributed by atoms with E-state index >= 15 is 0 Å². The zero-order valence-electron chi connectivity index (χ0n) is 33.0. The predicted octanol–water partition coefficient (Wildman–Crippen LogP) is 15.7. The largest absolute Gasteiger partial charge is 0.456 e. The van der Waals surface area contributed by atoms with Gasteiger partial charge in [0.15, 0.2) is 0 Å². The van der Waals surface area contributed by atoms with Crippen LogP contribution in [-0.2, 0) is 0 Å². The monoisotopic (exact) mass is 708 g/mol. The molecular weight excluding hydrogens is 665 g/mol. The minimum atomic E-state index is 0.925. The summed E-state index contributed by atoms with van der Waals surface area (Å²) in [6.07, 6.45) is 0. The molecule has 1 aromatic heterocycles. The van der Waals surface area contributed by atoms with E-state index in [0.29, 0.717) is 0 Å². The molecule has 0 amide bonds. The van der Waals surface area contributed by atoms with Gasteiger partial charge in [-0.05, 0) is 195 Å². The van der Waals surface area contributed by atoms with Crippen molar-refractivity contribution in [3.05, 3.63) is 166 Å². The van der Waals surface area contributed by atoms with Crippen LogP contribution in [0.1, 0.15) is 44.5 Å². The van der Waals surface area contributed by atoms with Crippen molar-refractivity contribution in [3.8, 4) is 33.4 Å². The summed E-state index contributed by atoms with van der Waals surface area (Å²) in [6.45, 7) is 18.6. The van der Waals surface area contributed by atoms with Crippen LogP contribution in [-0.4, -0.2) is 0 Å². The van der Waals surface area contributed by atoms with Gasteiger partial charge in [-0.3, -0.25) is 0 Å². The summed E-state index contributed by atoms with van der Waals surface area (Å²) in [5.41, 5.74) is 20.3. The molecule has 0 aliphatic heterocycles. The average molecular weight is 709 g/mol. The Morgan fingerprint density at radius 1 is 0.309 bits per heavy atom. The van der Waals surface area contributed by atoms with Gasteiger partial charge >= 0.3 is 0 Å². The lowest BCUT2D eigenvalue weighted by atomic mass is 9.76. The maximum atomic E-state index is 6.52. The van der Waals surface area contributed by atoms with Crippen LogP contribution in [0.5, 0.6) is 0 Å². The molecule has 0 aliphatic carbocycles. The number of benzene rings is 9. The highest BCUT2D eigenvalue weighted by Crippen LogP contribution is 2.52. The van der Waals surface area contributed by atoms with Crippen LogP contribution in [0.3, 0.4) is 0 Å². The Morgan fingerprint density at radius 2 is 0.782 bits per heavy atom. The fourth-order valence-electron chi connectivity index (χ4n) is 9.78. The van der Waals surface area contributed by atoms with Gasteiger partial charge in [0.25, 0.3) is 0 Å². The number of rotatable bonds is 3. The highest BCUT2D eigenvalue weighted by molar-refractivity contribution is 6.28. The van der Waals surface area contributed by atoms with E-state index in [1.54, 1.807) is 0 Å². The van der Waals surface area contributed by atoms with E-state index in [1.807, 2.05) is 0 Å². The van der Waals surface area contributed by atoms with Crippen LogP contribution < -0.4 is 0 Å². The zero-order valence-corrected chi connectivity index (χ0v) is 33.0. The molecule has 10 rings (SSSR count). The molecule has 1 heteroatoms. The first kappa shape index (κ1) is 33.4. The second-order valence-corrected chi connectivity index (χ2v) is 15.8. The van der Waals surface area contributed by atoms with Gasteiger partial charge < -0.3 is 4.42 Å². The van der Waals surface area contributed by atoms with E-state index in [0.717, 1.165) is 16.6 Å². The summed E-state index contributed by atoms with van der Waals surface area (Å²) in [4.78, 5) is 0. The normalized spacial score (nSPS) is 12.0. The second kappa shape index (κ2) is 12.2. The van der Waals surface area contributed by atoms with Crippen LogP contribution in [0.4, 0.5) is 0 Å². The maximum absolute atomic E-state index is 6.52. The van der Waals surface area contributed by atoms with Crippen molar-refractivity contribution in [2.24, 2.45) is 0 Å². The number of hydrogen-bond donors (Lipinski definition) is 0. The molecule has 0 radical (unpaired) electrons. The van der Waals surface area contributed by atoms with E-state index in [4.69, 9.17) is 4.42 Å². The van der Waals surface area contributed by atoms with Crippen LogP contribution in [0.2, 0.25) is 0 Å². The Hall–Kier alpha value is -6.18. The van der Waals surface area contributed by atoms with Crippen molar-refractivity contribution >= 4 is 65.0 Å². The third kappa shape index (κ3) is 4.66. The van der Waals surface area contributed by atoms with Gasteiger partial charge in [-0.1, -0.05) is 103 Å². The lowest BCUT2D eigenvalue weighted by Crippen LogP contribution is -2.03. The number of furan rings is 1. The predicted molar refractivity (Wildman–Crippen MR) is 238 cm³/mol. The maximum Gasteiger partial charge on any atom is 0.136 e. The number of fused-ring (bicyclic) bond motifs is 8. The molecule has 266 valence electrons. The SMILES string of the molecule is Cc1c(C)c(C)c2c(-c3cccc4oc5ccccc5c34)c3c(C)c(C)c(C)c(C)c3c(-c3ccc(-c4cc5ccccc5c5ccccc45)cc3)c2c1C. The van der Waals surface area contributed by atoms with Crippen molar-refractivity contribution in [2.45, 2.75) is 55.4 Å². The first-order chi connectivity index (χ1) is 26.7. The van der Waals surface area contributed by atoms with E-state index in [-0.39, 0.29) is 0 Å². The van der Waals surface area contributed by atoms with E-state index in [2.05, 4.69) is 177 Å². The van der Waals surface area contributed by atoms with Gasteiger partial charge in [0.05, 0.1) is 0 Å². The van der Waals surface area contributed by atoms with Crippen molar-refractivity contribution in [3.63, 3.8) is 0 Å². The molecule has 0 saturated heterocycles. The van der Waals surface area contributed by atoms with Gasteiger partial charge in [0, 0.05) is 10.8 Å². The molecule has 0 N–H and O–H groups in total. The highest BCUT2D eigenvalue weighted by atomic mass is 16.3. The fraction of sp³-hybridized carbons (Fsp3) is 0.148. The Balaban J connectivity index is 1.36. The first-order valence-electron chi connectivity index (χ1n) is 19.5. The smallest absolute Gasteiger partial charge is 0.136 e. The molecule has 1 nitrogen and oxygen atoms in total. The Kier molecular flexibility index (Phi) is 7.39. The van der Waals surface area contributed by atoms with Crippen molar-refractivity contribution in [1.82, 2.24) is 0 Å². The Labute approximate surface area is 322 Å². The van der Waals surface area contributed by atoms with Gasteiger partial charge in [0.2, 0.25) is 0 Å². The van der Waals surface area contributed by atoms with E-state index in [1.165, 1.54) is 126 Å². The molecule has 1 heterocycles. The van der Waals surface area contributed by atoms with Crippen LogP contribution in [0.25, 0.3) is 98.4 Å². The molecule has 0 unspecified atom stereocenters. The van der Waals surface area contributed by atoms with Crippen molar-refractivity contribution in [1.29, 1.82) is 0 Å². The van der Waals surface area contributed by atoms with Crippen molar-refractivity contribution < 1.29 is 4.42 Å². The molecule has 0 saturated carbocycles. The molecule has 10 aromatic rings. The Bertz CT molecular complexity index is 3180. The summed E-state index contributed by atoms with van der Waals surface area (Å²) in [7, 11) is 0. The summed E-state index contributed by atoms with van der Waals surface area (Å²) in [5, 5.41) is 12.9.